The van der Waals surface area contributed by atoms with E-state index in [2.05, 4.69) is 25.9 Å². The van der Waals surface area contributed by atoms with E-state index in [0.717, 1.165) is 18.4 Å². The van der Waals surface area contributed by atoms with Crippen LogP contribution in [0.4, 0.5) is 20.8 Å². The molecule has 6 rings (SSSR count). The van der Waals surface area contributed by atoms with Gasteiger partial charge < -0.3 is 30.0 Å². The van der Waals surface area contributed by atoms with E-state index in [4.69, 9.17) is 19.2 Å². The number of carbonyl (C=O) groups is 1. The molecule has 3 aromatic heterocycles. The van der Waals surface area contributed by atoms with E-state index in [-0.39, 0.29) is 18.8 Å². The average molecular weight is 538 g/mol. The predicted octanol–water partition coefficient (Wildman–Crippen LogP) is 3.42. The molecule has 1 aliphatic carbocycles. The predicted molar refractivity (Wildman–Crippen MR) is 137 cm³/mol. The molecule has 1 aromatic carbocycles. The number of H-pyrrole nitrogens is 1. The van der Waals surface area contributed by atoms with E-state index >= 15 is 4.39 Å². The molecule has 0 bridgehead atoms. The standard InChI is InChI=1S/C26H28FN7O5/c1-26(6-7-26)30-25(36)39-20-13-38-23(22(20)27)17-10-21(32-31-17)29-24-19-9-15(12-35)33-34(19)11-18(28-24)14-4-3-5-16(8-14)37-2/h3-5,8-11,20,22-23,35H,6-7,12-13H2,1-2H3,(H,30,36)(H2,28,29,31,32)/t20-,22+,23-/m1/s1. The van der Waals surface area contributed by atoms with Crippen LogP contribution in [0.25, 0.3) is 16.8 Å². The Morgan fingerprint density at radius 2 is 2.18 bits per heavy atom. The quantitative estimate of drug-likeness (QED) is 0.265. The highest BCUT2D eigenvalue weighted by atomic mass is 19.1. The van der Waals surface area contributed by atoms with Gasteiger partial charge in [-0.3, -0.25) is 5.10 Å². The lowest BCUT2D eigenvalue weighted by Gasteiger charge is -2.17. The van der Waals surface area contributed by atoms with E-state index in [1.165, 1.54) is 0 Å². The first kappa shape index (κ1) is 25.1. The van der Waals surface area contributed by atoms with Gasteiger partial charge in [-0.05, 0) is 38.0 Å². The number of carbonyl (C=O) groups excluding carboxylic acids is 1. The molecule has 2 fully saturated rings. The van der Waals surface area contributed by atoms with Gasteiger partial charge in [-0.15, -0.1) is 0 Å². The minimum atomic E-state index is -1.57. The molecule has 1 aliphatic heterocycles. The third-order valence-electron chi connectivity index (χ3n) is 6.93. The van der Waals surface area contributed by atoms with Crippen LogP contribution in [0, 0.1) is 0 Å². The maximum Gasteiger partial charge on any atom is 0.408 e. The van der Waals surface area contributed by atoms with E-state index < -0.39 is 24.5 Å². The number of anilines is 2. The average Bonchev–Trinajstić information content (AvgIpc) is 3.28. The lowest BCUT2D eigenvalue weighted by molar-refractivity contribution is 0.0604. The summed E-state index contributed by atoms with van der Waals surface area (Å²) >= 11 is 0. The third-order valence-corrected chi connectivity index (χ3v) is 6.93. The zero-order valence-corrected chi connectivity index (χ0v) is 21.3. The third kappa shape index (κ3) is 5.10. The van der Waals surface area contributed by atoms with Gasteiger partial charge in [0, 0.05) is 17.2 Å². The van der Waals surface area contributed by atoms with Crippen molar-refractivity contribution in [1.29, 1.82) is 0 Å². The second-order valence-electron chi connectivity index (χ2n) is 9.99. The fraction of sp³-hybridized carbons (Fsp3) is 0.385. The number of aliphatic hydroxyl groups excluding tert-OH is 1. The number of aromatic amines is 1. The van der Waals surface area contributed by atoms with Crippen molar-refractivity contribution in [2.24, 2.45) is 0 Å². The molecular weight excluding hydrogens is 509 g/mol. The molecule has 204 valence electrons. The van der Waals surface area contributed by atoms with Crippen LogP contribution in [0.2, 0.25) is 0 Å². The summed E-state index contributed by atoms with van der Waals surface area (Å²) in [4.78, 5) is 16.9. The van der Waals surface area contributed by atoms with Crippen molar-refractivity contribution in [2.45, 2.75) is 50.3 Å². The lowest BCUT2D eigenvalue weighted by Crippen LogP contribution is -2.39. The Labute approximate surface area is 222 Å². The number of nitrogens with one attached hydrogen (secondary N) is 3. The fourth-order valence-corrected chi connectivity index (χ4v) is 4.46. The van der Waals surface area contributed by atoms with Gasteiger partial charge >= 0.3 is 6.09 Å². The normalized spacial score (nSPS) is 21.6. The molecule has 0 radical (unpaired) electrons. The van der Waals surface area contributed by atoms with Gasteiger partial charge in [-0.25, -0.2) is 18.7 Å². The highest BCUT2D eigenvalue weighted by molar-refractivity contribution is 5.76. The fourth-order valence-electron chi connectivity index (χ4n) is 4.46. The molecule has 1 saturated carbocycles. The molecule has 0 spiro atoms. The Bertz CT molecular complexity index is 1520. The molecule has 13 heteroatoms. The highest BCUT2D eigenvalue weighted by Crippen LogP contribution is 2.36. The number of nitrogens with zero attached hydrogens (tertiary/aromatic N) is 4. The van der Waals surface area contributed by atoms with Crippen LogP contribution in [0.5, 0.6) is 5.75 Å². The van der Waals surface area contributed by atoms with Gasteiger partial charge in [-0.2, -0.15) is 10.2 Å². The van der Waals surface area contributed by atoms with Crippen molar-refractivity contribution in [1.82, 2.24) is 30.1 Å². The van der Waals surface area contributed by atoms with Crippen LogP contribution >= 0.6 is 0 Å². The summed E-state index contributed by atoms with van der Waals surface area (Å²) in [6.45, 7) is 1.61. The Hall–Kier alpha value is -4.23. The largest absolute Gasteiger partial charge is 0.497 e. The smallest absolute Gasteiger partial charge is 0.408 e. The summed E-state index contributed by atoms with van der Waals surface area (Å²) in [5.74, 6) is 1.47. The van der Waals surface area contributed by atoms with Gasteiger partial charge in [0.2, 0.25) is 0 Å². The number of halogens is 1. The molecule has 3 atom stereocenters. The van der Waals surface area contributed by atoms with Crippen molar-refractivity contribution < 1.29 is 28.5 Å². The van der Waals surface area contributed by atoms with E-state index in [1.807, 2.05) is 31.2 Å². The SMILES string of the molecule is COc1cccc(-c2cn3nc(CO)cc3c(Nc3cc([C@H]4OC[C@@H](OC(=O)NC5(C)CC5)[C@@H]4F)[nH]n3)n2)c1. The van der Waals surface area contributed by atoms with Crippen LogP contribution in [0.15, 0.2) is 42.6 Å². The molecule has 0 unspecified atom stereocenters. The maximum absolute atomic E-state index is 15.2. The van der Waals surface area contributed by atoms with Crippen molar-refractivity contribution in [2.75, 3.05) is 19.0 Å². The Balaban J connectivity index is 1.22. The Kier molecular flexibility index (Phi) is 6.31. The number of fused-ring (bicyclic) bond motifs is 1. The molecular formula is C26H28FN7O5. The molecule has 4 N–H and O–H groups in total. The first-order chi connectivity index (χ1) is 18.8. The molecule has 12 nitrogen and oxygen atoms in total. The maximum atomic E-state index is 15.2. The first-order valence-electron chi connectivity index (χ1n) is 12.6. The summed E-state index contributed by atoms with van der Waals surface area (Å²) in [5, 5.41) is 27.0. The summed E-state index contributed by atoms with van der Waals surface area (Å²) in [6, 6.07) is 10.8. The van der Waals surface area contributed by atoms with Gasteiger partial charge in [0.25, 0.3) is 0 Å². The number of aliphatic hydroxyl groups is 1. The number of hydrogen-bond acceptors (Lipinski definition) is 9. The van der Waals surface area contributed by atoms with Crippen molar-refractivity contribution in [3.63, 3.8) is 0 Å². The van der Waals surface area contributed by atoms with Crippen LogP contribution in [-0.4, -0.2) is 67.5 Å². The van der Waals surface area contributed by atoms with Crippen LogP contribution in [-0.2, 0) is 16.1 Å². The molecule has 2 aliphatic rings. The second kappa shape index (κ2) is 9.82. The van der Waals surface area contributed by atoms with Gasteiger partial charge in [-0.1, -0.05) is 12.1 Å². The Morgan fingerprint density at radius 3 is 2.95 bits per heavy atom. The van der Waals surface area contributed by atoms with Crippen molar-refractivity contribution >= 4 is 23.2 Å². The monoisotopic (exact) mass is 537 g/mol. The zero-order chi connectivity index (χ0) is 27.1. The highest BCUT2D eigenvalue weighted by Gasteiger charge is 2.44. The first-order valence-corrected chi connectivity index (χ1v) is 12.6. The number of ether oxygens (including phenoxy) is 3. The number of methoxy groups -OCH3 is 1. The number of alkyl carbamates (subject to hydrolysis) is 1. The number of rotatable bonds is 8. The Morgan fingerprint density at radius 1 is 1.33 bits per heavy atom. The zero-order valence-electron chi connectivity index (χ0n) is 21.3. The number of hydrogen-bond donors (Lipinski definition) is 4. The minimum Gasteiger partial charge on any atom is -0.497 e. The number of benzene rings is 1. The van der Waals surface area contributed by atoms with Crippen LogP contribution in [0.3, 0.4) is 0 Å². The summed E-state index contributed by atoms with van der Waals surface area (Å²) in [5.41, 5.74) is 2.61. The molecule has 1 saturated heterocycles. The van der Waals surface area contributed by atoms with Gasteiger partial charge in [0.05, 0.1) is 43.6 Å². The van der Waals surface area contributed by atoms with Crippen molar-refractivity contribution in [3.8, 4) is 17.0 Å². The van der Waals surface area contributed by atoms with E-state index in [9.17, 15) is 9.90 Å². The van der Waals surface area contributed by atoms with Crippen LogP contribution in [0.1, 0.15) is 37.3 Å². The van der Waals surface area contributed by atoms with E-state index in [1.54, 1.807) is 30.0 Å². The molecule has 1 amide bonds. The topological polar surface area (TPSA) is 148 Å². The minimum absolute atomic E-state index is 0.0672. The van der Waals surface area contributed by atoms with E-state index in [0.29, 0.717) is 40.0 Å². The molecule has 4 heterocycles. The van der Waals surface area contributed by atoms with Crippen LogP contribution < -0.4 is 15.4 Å². The summed E-state index contributed by atoms with van der Waals surface area (Å²) in [7, 11) is 1.59. The summed E-state index contributed by atoms with van der Waals surface area (Å²) in [6.07, 6.45) is -0.717. The summed E-state index contributed by atoms with van der Waals surface area (Å²) < 4.78 is 33.0. The molecule has 39 heavy (non-hydrogen) atoms. The number of alkyl halides is 1. The number of amides is 1. The lowest BCUT2D eigenvalue weighted by atomic mass is 10.1. The van der Waals surface area contributed by atoms with Gasteiger partial charge in [0.15, 0.2) is 23.9 Å². The van der Waals surface area contributed by atoms with Crippen molar-refractivity contribution in [3.05, 3.63) is 54.0 Å². The number of aromatic nitrogens is 5. The molecule has 4 aromatic rings. The second-order valence-corrected chi connectivity index (χ2v) is 9.99. The van der Waals surface area contributed by atoms with Gasteiger partial charge in [0.1, 0.15) is 17.4 Å².